The molecule has 5 heterocycles. The lowest BCUT2D eigenvalue weighted by Gasteiger charge is -2.35. The molecule has 3 aromatic heterocycles. The number of likely N-dealkylation sites (tertiary alicyclic amines) is 1. The fourth-order valence-corrected chi connectivity index (χ4v) is 7.82. The lowest BCUT2D eigenvalue weighted by atomic mass is 9.83. The van der Waals surface area contributed by atoms with E-state index in [2.05, 4.69) is 34.8 Å². The van der Waals surface area contributed by atoms with Gasteiger partial charge in [0.05, 0.1) is 19.2 Å². The average molecular weight is 549 g/mol. The molecule has 0 aliphatic carbocycles. The molecular weight excluding hydrogens is 508 g/mol. The average Bonchev–Trinajstić information content (AvgIpc) is 3.16. The fraction of sp³-hybridized carbons (Fsp3) is 0.516. The molecule has 1 N–H and O–H groups in total. The molecule has 2 aliphatic heterocycles. The maximum absolute atomic E-state index is 13.8. The zero-order valence-corrected chi connectivity index (χ0v) is 24.6. The highest BCUT2D eigenvalue weighted by molar-refractivity contribution is 7.12. The van der Waals surface area contributed by atoms with Crippen molar-refractivity contribution >= 4 is 17.2 Å². The monoisotopic (exact) mass is 548 g/mol. The molecule has 7 nitrogen and oxygen atoms in total. The van der Waals surface area contributed by atoms with Crippen LogP contribution in [0.5, 0.6) is 5.88 Å². The Bertz CT molecular complexity index is 1400. The molecule has 0 saturated carbocycles. The van der Waals surface area contributed by atoms with Crippen molar-refractivity contribution in [1.29, 1.82) is 0 Å². The second kappa shape index (κ2) is 11.6. The third-order valence-electron chi connectivity index (χ3n) is 8.60. The molecule has 1 atom stereocenters. The first kappa shape index (κ1) is 27.6. The molecule has 0 aromatic carbocycles. The van der Waals surface area contributed by atoms with Crippen molar-refractivity contribution < 1.29 is 9.53 Å². The SMILES string of the molecule is COc1cc(CN2CCC([C@@H](C)c3sc4c(c3C)C(=O)N(Cc3c(C)cc(C)[nH]c3=O)CCC4)CC2)ccn1. The van der Waals surface area contributed by atoms with Crippen molar-refractivity contribution in [3.8, 4) is 5.88 Å². The van der Waals surface area contributed by atoms with Crippen molar-refractivity contribution in [2.45, 2.75) is 72.4 Å². The Balaban J connectivity index is 1.28. The van der Waals surface area contributed by atoms with E-state index in [9.17, 15) is 9.59 Å². The van der Waals surface area contributed by atoms with Crippen LogP contribution in [0.1, 0.15) is 80.2 Å². The Morgan fingerprint density at radius 3 is 2.62 bits per heavy atom. The number of carbonyl (C=O) groups excluding carboxylic acids is 1. The lowest BCUT2D eigenvalue weighted by Crippen LogP contribution is -2.35. The number of piperidine rings is 1. The Morgan fingerprint density at radius 1 is 1.13 bits per heavy atom. The summed E-state index contributed by atoms with van der Waals surface area (Å²) >= 11 is 1.86. The van der Waals surface area contributed by atoms with Gasteiger partial charge in [0.15, 0.2) is 0 Å². The second-order valence-corrected chi connectivity index (χ2v) is 12.4. The number of pyridine rings is 2. The number of ether oxygens (including phenoxy) is 1. The largest absolute Gasteiger partial charge is 0.481 e. The summed E-state index contributed by atoms with van der Waals surface area (Å²) in [5, 5.41) is 0. The van der Waals surface area contributed by atoms with Crippen LogP contribution in [0.25, 0.3) is 0 Å². The lowest BCUT2D eigenvalue weighted by molar-refractivity contribution is 0.0747. The Hall–Kier alpha value is -2.97. The number of methoxy groups -OCH3 is 1. The van der Waals surface area contributed by atoms with Gasteiger partial charge in [0, 0.05) is 46.4 Å². The van der Waals surface area contributed by atoms with Crippen LogP contribution in [-0.2, 0) is 19.5 Å². The number of H-pyrrole nitrogens is 1. The first-order valence-corrected chi connectivity index (χ1v) is 14.9. The second-order valence-electron chi connectivity index (χ2n) is 11.3. The van der Waals surface area contributed by atoms with E-state index in [4.69, 9.17) is 4.74 Å². The van der Waals surface area contributed by atoms with Gasteiger partial charge in [0.2, 0.25) is 5.88 Å². The topological polar surface area (TPSA) is 78.5 Å². The quantitative estimate of drug-likeness (QED) is 0.430. The van der Waals surface area contributed by atoms with Crippen LogP contribution >= 0.6 is 11.3 Å². The standard InChI is InChI=1S/C31H40N4O3S/c1-19-15-20(2)33-30(36)25(19)18-35-12-6-7-26-28(31(35)37)22(4)29(39-26)21(3)24-9-13-34(14-10-24)17-23-8-11-32-27(16-23)38-5/h8,11,15-16,21,24H,6-7,9-10,12-14,17-18H2,1-5H3,(H,33,36)/t21-/m1/s1. The van der Waals surface area contributed by atoms with Gasteiger partial charge < -0.3 is 14.6 Å². The summed E-state index contributed by atoms with van der Waals surface area (Å²) in [6.07, 6.45) is 5.97. The molecule has 0 bridgehead atoms. The number of thiophene rings is 1. The van der Waals surface area contributed by atoms with Crippen LogP contribution in [0.4, 0.5) is 0 Å². The predicted molar refractivity (Wildman–Crippen MR) is 156 cm³/mol. The number of carbonyl (C=O) groups is 1. The van der Waals surface area contributed by atoms with E-state index in [1.807, 2.05) is 48.4 Å². The van der Waals surface area contributed by atoms with Crippen LogP contribution in [0.2, 0.25) is 0 Å². The van der Waals surface area contributed by atoms with Gasteiger partial charge in [-0.25, -0.2) is 4.98 Å². The van der Waals surface area contributed by atoms with Crippen LogP contribution < -0.4 is 10.3 Å². The number of aryl methyl sites for hydroxylation is 3. The summed E-state index contributed by atoms with van der Waals surface area (Å²) in [5.41, 5.74) is 5.68. The van der Waals surface area contributed by atoms with E-state index in [-0.39, 0.29) is 11.5 Å². The number of hydrogen-bond acceptors (Lipinski definition) is 6. The minimum absolute atomic E-state index is 0.0803. The number of aromatic amines is 1. The fourth-order valence-electron chi connectivity index (χ4n) is 6.34. The molecule has 3 aromatic rings. The summed E-state index contributed by atoms with van der Waals surface area (Å²) in [6.45, 7) is 12.4. The van der Waals surface area contributed by atoms with Gasteiger partial charge in [-0.2, -0.15) is 0 Å². The highest BCUT2D eigenvalue weighted by atomic mass is 32.1. The first-order valence-electron chi connectivity index (χ1n) is 14.1. The molecule has 1 saturated heterocycles. The Kier molecular flexibility index (Phi) is 8.24. The third kappa shape index (κ3) is 5.82. The third-order valence-corrected chi connectivity index (χ3v) is 10.2. The van der Waals surface area contributed by atoms with Crippen molar-refractivity contribution in [1.82, 2.24) is 19.8 Å². The highest BCUT2D eigenvalue weighted by Crippen LogP contribution is 2.42. The zero-order valence-electron chi connectivity index (χ0n) is 23.8. The number of hydrogen-bond donors (Lipinski definition) is 1. The van der Waals surface area contributed by atoms with Crippen LogP contribution in [0.3, 0.4) is 0 Å². The summed E-state index contributed by atoms with van der Waals surface area (Å²) < 4.78 is 5.28. The molecule has 8 heteroatoms. The highest BCUT2D eigenvalue weighted by Gasteiger charge is 2.33. The van der Waals surface area contributed by atoms with Gasteiger partial charge >= 0.3 is 0 Å². The van der Waals surface area contributed by atoms with Crippen molar-refractivity contribution in [2.75, 3.05) is 26.7 Å². The van der Waals surface area contributed by atoms with Crippen molar-refractivity contribution in [3.63, 3.8) is 0 Å². The molecule has 0 spiro atoms. The van der Waals surface area contributed by atoms with E-state index >= 15 is 0 Å². The van der Waals surface area contributed by atoms with Gasteiger partial charge in [-0.3, -0.25) is 14.5 Å². The minimum Gasteiger partial charge on any atom is -0.481 e. The molecule has 1 fully saturated rings. The molecule has 2 aliphatic rings. The van der Waals surface area contributed by atoms with Crippen molar-refractivity contribution in [2.24, 2.45) is 5.92 Å². The molecular formula is C31H40N4O3S. The molecule has 0 radical (unpaired) electrons. The molecule has 5 rings (SSSR count). The van der Waals surface area contributed by atoms with Crippen LogP contribution in [-0.4, -0.2) is 52.4 Å². The smallest absolute Gasteiger partial charge is 0.255 e. The number of fused-ring (bicyclic) bond motifs is 1. The van der Waals surface area contributed by atoms with E-state index in [0.29, 0.717) is 36.4 Å². The summed E-state index contributed by atoms with van der Waals surface area (Å²) in [7, 11) is 1.66. The van der Waals surface area contributed by atoms with Gasteiger partial charge in [-0.05, 0) is 100 Å². The summed E-state index contributed by atoms with van der Waals surface area (Å²) in [5.74, 6) is 1.78. The van der Waals surface area contributed by atoms with E-state index < -0.39 is 0 Å². The normalized spacial score (nSPS) is 17.7. The number of rotatable bonds is 7. The molecule has 1 amide bonds. The van der Waals surface area contributed by atoms with Crippen LogP contribution in [0.15, 0.2) is 29.2 Å². The summed E-state index contributed by atoms with van der Waals surface area (Å²) in [4.78, 5) is 40.6. The maximum atomic E-state index is 13.8. The van der Waals surface area contributed by atoms with Crippen molar-refractivity contribution in [3.05, 3.63) is 78.0 Å². The number of nitrogens with zero attached hydrogens (tertiary/aromatic N) is 3. The Morgan fingerprint density at radius 2 is 1.90 bits per heavy atom. The maximum Gasteiger partial charge on any atom is 0.255 e. The van der Waals surface area contributed by atoms with Gasteiger partial charge in [-0.15, -0.1) is 11.3 Å². The minimum atomic E-state index is -0.0875. The van der Waals surface area contributed by atoms with E-state index in [1.165, 1.54) is 15.3 Å². The van der Waals surface area contributed by atoms with E-state index in [1.54, 1.807) is 7.11 Å². The van der Waals surface area contributed by atoms with Crippen LogP contribution in [0, 0.1) is 26.7 Å². The first-order chi connectivity index (χ1) is 18.7. The van der Waals surface area contributed by atoms with E-state index in [0.717, 1.165) is 67.7 Å². The van der Waals surface area contributed by atoms with Gasteiger partial charge in [0.1, 0.15) is 0 Å². The van der Waals surface area contributed by atoms with Gasteiger partial charge in [-0.1, -0.05) is 6.92 Å². The number of amides is 1. The zero-order chi connectivity index (χ0) is 27.7. The molecule has 39 heavy (non-hydrogen) atoms. The predicted octanol–water partition coefficient (Wildman–Crippen LogP) is 5.37. The van der Waals surface area contributed by atoms with Gasteiger partial charge in [0.25, 0.3) is 11.5 Å². The number of nitrogens with one attached hydrogen (secondary N) is 1. The molecule has 208 valence electrons. The summed E-state index contributed by atoms with van der Waals surface area (Å²) in [6, 6.07) is 6.07. The Labute approximate surface area is 235 Å². The number of aromatic nitrogens is 2. The molecule has 0 unspecified atom stereocenters.